The number of carbonyl (C=O) groups excluding carboxylic acids is 2. The van der Waals surface area contributed by atoms with Crippen molar-refractivity contribution in [1.29, 1.82) is 0 Å². The first-order valence-corrected chi connectivity index (χ1v) is 5.98. The van der Waals surface area contributed by atoms with Gasteiger partial charge < -0.3 is 10.1 Å². The van der Waals surface area contributed by atoms with Gasteiger partial charge in [0.15, 0.2) is 0 Å². The molecule has 0 aliphatic carbocycles. The summed E-state index contributed by atoms with van der Waals surface area (Å²) in [5.41, 5.74) is 0.628. The summed E-state index contributed by atoms with van der Waals surface area (Å²) in [4.78, 5) is 22.8. The van der Waals surface area contributed by atoms with Crippen molar-refractivity contribution >= 4 is 29.2 Å². The maximum atomic E-state index is 11.6. The SMILES string of the molecule is O=C(CNC1CCOC1=O)Nc1cccc(Cl)c1. The van der Waals surface area contributed by atoms with Gasteiger partial charge in [-0.05, 0) is 18.2 Å². The Kier molecular flexibility index (Phi) is 4.17. The van der Waals surface area contributed by atoms with Crippen LogP contribution < -0.4 is 10.6 Å². The minimum atomic E-state index is -0.380. The molecule has 0 bridgehead atoms. The number of carbonyl (C=O) groups is 2. The highest BCUT2D eigenvalue weighted by atomic mass is 35.5. The molecule has 1 aromatic carbocycles. The topological polar surface area (TPSA) is 67.4 Å². The number of rotatable bonds is 4. The number of benzene rings is 1. The average Bonchev–Trinajstić information content (AvgIpc) is 2.72. The van der Waals surface area contributed by atoms with Gasteiger partial charge in [0, 0.05) is 17.1 Å². The molecule has 0 saturated carbocycles. The molecule has 1 fully saturated rings. The Hall–Kier alpha value is -1.59. The fourth-order valence-corrected chi connectivity index (χ4v) is 1.86. The number of nitrogens with one attached hydrogen (secondary N) is 2. The van der Waals surface area contributed by atoms with Crippen LogP contribution in [-0.2, 0) is 14.3 Å². The molecular weight excluding hydrogens is 256 g/mol. The fourth-order valence-electron chi connectivity index (χ4n) is 1.67. The summed E-state index contributed by atoms with van der Waals surface area (Å²) in [5.74, 6) is -0.525. The van der Waals surface area contributed by atoms with Gasteiger partial charge in [0.2, 0.25) is 5.91 Å². The monoisotopic (exact) mass is 268 g/mol. The molecule has 2 N–H and O–H groups in total. The van der Waals surface area contributed by atoms with Crippen LogP contribution in [-0.4, -0.2) is 31.1 Å². The average molecular weight is 269 g/mol. The van der Waals surface area contributed by atoms with Crippen molar-refractivity contribution in [2.24, 2.45) is 0 Å². The van der Waals surface area contributed by atoms with Crippen LogP contribution in [0.25, 0.3) is 0 Å². The van der Waals surface area contributed by atoms with E-state index in [1.165, 1.54) is 0 Å². The first-order chi connectivity index (χ1) is 8.65. The van der Waals surface area contributed by atoms with Gasteiger partial charge in [-0.3, -0.25) is 14.9 Å². The van der Waals surface area contributed by atoms with E-state index < -0.39 is 0 Å². The molecule has 18 heavy (non-hydrogen) atoms. The molecule has 96 valence electrons. The third-order valence-electron chi connectivity index (χ3n) is 2.55. The second-order valence-corrected chi connectivity index (χ2v) is 4.38. The Morgan fingerprint density at radius 2 is 2.33 bits per heavy atom. The molecule has 1 heterocycles. The van der Waals surface area contributed by atoms with Crippen molar-refractivity contribution in [2.45, 2.75) is 12.5 Å². The number of amides is 1. The van der Waals surface area contributed by atoms with Crippen LogP contribution in [0.2, 0.25) is 5.02 Å². The zero-order valence-corrected chi connectivity index (χ0v) is 10.4. The number of esters is 1. The van der Waals surface area contributed by atoms with Gasteiger partial charge in [-0.25, -0.2) is 0 Å². The molecule has 0 spiro atoms. The van der Waals surface area contributed by atoms with Crippen LogP contribution in [0.4, 0.5) is 5.69 Å². The molecule has 0 radical (unpaired) electrons. The van der Waals surface area contributed by atoms with E-state index in [1.807, 2.05) is 0 Å². The quantitative estimate of drug-likeness (QED) is 0.805. The first kappa shape index (κ1) is 12.9. The molecule has 2 rings (SSSR count). The van der Waals surface area contributed by atoms with Crippen molar-refractivity contribution in [2.75, 3.05) is 18.5 Å². The van der Waals surface area contributed by atoms with Crippen molar-refractivity contribution in [1.82, 2.24) is 5.32 Å². The molecule has 1 aliphatic heterocycles. The summed E-state index contributed by atoms with van der Waals surface area (Å²) in [7, 11) is 0. The summed E-state index contributed by atoms with van der Waals surface area (Å²) < 4.78 is 4.78. The highest BCUT2D eigenvalue weighted by molar-refractivity contribution is 6.30. The molecule has 0 aromatic heterocycles. The maximum absolute atomic E-state index is 11.6. The highest BCUT2D eigenvalue weighted by Crippen LogP contribution is 2.14. The number of hydrogen-bond donors (Lipinski definition) is 2. The minimum absolute atomic E-state index is 0.0618. The van der Waals surface area contributed by atoms with Gasteiger partial charge in [-0.15, -0.1) is 0 Å². The third kappa shape index (κ3) is 3.45. The normalized spacial score (nSPS) is 18.5. The van der Waals surface area contributed by atoms with Crippen molar-refractivity contribution in [3.63, 3.8) is 0 Å². The maximum Gasteiger partial charge on any atom is 0.323 e. The Morgan fingerprint density at radius 1 is 1.50 bits per heavy atom. The van der Waals surface area contributed by atoms with E-state index in [4.69, 9.17) is 16.3 Å². The van der Waals surface area contributed by atoms with Crippen LogP contribution in [0.3, 0.4) is 0 Å². The van der Waals surface area contributed by atoms with Crippen LogP contribution in [0.5, 0.6) is 0 Å². The second kappa shape index (κ2) is 5.84. The Labute approximate surface area is 109 Å². The molecule has 1 aliphatic rings. The predicted molar refractivity (Wildman–Crippen MR) is 67.4 cm³/mol. The Balaban J connectivity index is 1.80. The minimum Gasteiger partial charge on any atom is -0.464 e. The van der Waals surface area contributed by atoms with Gasteiger partial charge in [0.25, 0.3) is 0 Å². The van der Waals surface area contributed by atoms with Gasteiger partial charge >= 0.3 is 5.97 Å². The zero-order chi connectivity index (χ0) is 13.0. The molecule has 1 saturated heterocycles. The lowest BCUT2D eigenvalue weighted by Gasteiger charge is -2.09. The van der Waals surface area contributed by atoms with Gasteiger partial charge in [0.1, 0.15) is 6.04 Å². The van der Waals surface area contributed by atoms with E-state index in [2.05, 4.69) is 10.6 Å². The number of anilines is 1. The van der Waals surface area contributed by atoms with E-state index in [0.717, 1.165) is 0 Å². The van der Waals surface area contributed by atoms with E-state index >= 15 is 0 Å². The lowest BCUT2D eigenvalue weighted by atomic mass is 10.2. The van der Waals surface area contributed by atoms with Gasteiger partial charge in [0.05, 0.1) is 13.2 Å². The van der Waals surface area contributed by atoms with E-state index in [9.17, 15) is 9.59 Å². The van der Waals surface area contributed by atoms with E-state index in [1.54, 1.807) is 24.3 Å². The molecule has 1 atom stereocenters. The molecule has 6 heteroatoms. The summed E-state index contributed by atoms with van der Waals surface area (Å²) >= 11 is 5.80. The first-order valence-electron chi connectivity index (χ1n) is 5.60. The summed E-state index contributed by atoms with van der Waals surface area (Å²) in [6.07, 6.45) is 0.600. The number of halogens is 1. The highest BCUT2D eigenvalue weighted by Gasteiger charge is 2.26. The van der Waals surface area contributed by atoms with Crippen LogP contribution in [0, 0.1) is 0 Å². The zero-order valence-electron chi connectivity index (χ0n) is 9.61. The number of cyclic esters (lactones) is 1. The second-order valence-electron chi connectivity index (χ2n) is 3.95. The van der Waals surface area contributed by atoms with Gasteiger partial charge in [-0.1, -0.05) is 17.7 Å². The van der Waals surface area contributed by atoms with Crippen molar-refractivity contribution < 1.29 is 14.3 Å². The molecule has 1 amide bonds. The summed E-state index contributed by atoms with van der Waals surface area (Å²) in [6.45, 7) is 0.471. The Morgan fingerprint density at radius 3 is 3.00 bits per heavy atom. The molecular formula is C12H13ClN2O3. The third-order valence-corrected chi connectivity index (χ3v) is 2.79. The molecule has 1 unspecified atom stereocenters. The standard InChI is InChI=1S/C12H13ClN2O3/c13-8-2-1-3-9(6-8)15-11(16)7-14-10-4-5-18-12(10)17/h1-3,6,10,14H,4-5,7H2,(H,15,16). The van der Waals surface area contributed by atoms with Crippen LogP contribution in [0.1, 0.15) is 6.42 Å². The largest absolute Gasteiger partial charge is 0.464 e. The van der Waals surface area contributed by atoms with Crippen molar-refractivity contribution in [3.8, 4) is 0 Å². The van der Waals surface area contributed by atoms with Crippen LogP contribution in [0.15, 0.2) is 24.3 Å². The molecule has 5 nitrogen and oxygen atoms in total. The smallest absolute Gasteiger partial charge is 0.323 e. The number of ether oxygens (including phenoxy) is 1. The van der Waals surface area contributed by atoms with Gasteiger partial charge in [-0.2, -0.15) is 0 Å². The summed E-state index contributed by atoms with van der Waals surface area (Å²) in [6, 6.07) is 6.50. The lowest BCUT2D eigenvalue weighted by molar-refractivity contribution is -0.139. The Bertz CT molecular complexity index is 464. The summed E-state index contributed by atoms with van der Waals surface area (Å²) in [5, 5.41) is 6.09. The van der Waals surface area contributed by atoms with E-state index in [0.29, 0.717) is 23.7 Å². The number of hydrogen-bond acceptors (Lipinski definition) is 4. The molecule has 1 aromatic rings. The predicted octanol–water partition coefficient (Wildman–Crippen LogP) is 1.18. The van der Waals surface area contributed by atoms with Crippen molar-refractivity contribution in [3.05, 3.63) is 29.3 Å². The lowest BCUT2D eigenvalue weighted by Crippen LogP contribution is -2.38. The van der Waals surface area contributed by atoms with Crippen LogP contribution >= 0.6 is 11.6 Å². The fraction of sp³-hybridized carbons (Fsp3) is 0.333. The van der Waals surface area contributed by atoms with E-state index in [-0.39, 0.29) is 24.5 Å².